The number of nitrogens with zero attached hydrogens (tertiary/aromatic N) is 2. The second-order valence-electron chi connectivity index (χ2n) is 10.2. The first-order valence-corrected chi connectivity index (χ1v) is 11.6. The molecule has 2 N–H and O–H groups in total. The molecule has 1 fully saturated rings. The third-order valence-corrected chi connectivity index (χ3v) is 6.25. The van der Waals surface area contributed by atoms with Crippen molar-refractivity contribution in [3.05, 3.63) is 65.9 Å². The van der Waals surface area contributed by atoms with Gasteiger partial charge in [0.1, 0.15) is 5.75 Å². The van der Waals surface area contributed by atoms with E-state index < -0.39 is 0 Å². The second-order valence-corrected chi connectivity index (χ2v) is 10.2. The Bertz CT molecular complexity index is 1060. The summed E-state index contributed by atoms with van der Waals surface area (Å²) in [6.07, 6.45) is 4.66. The van der Waals surface area contributed by atoms with E-state index in [2.05, 4.69) is 31.9 Å². The Morgan fingerprint density at radius 1 is 1.09 bits per heavy atom. The molecule has 0 bridgehead atoms. The van der Waals surface area contributed by atoms with Crippen molar-refractivity contribution in [2.45, 2.75) is 46.0 Å². The molecule has 170 valence electrons. The zero-order valence-corrected chi connectivity index (χ0v) is 19.5. The molecule has 2 aromatic carbocycles. The molecule has 1 aliphatic heterocycles. The number of rotatable bonds is 7. The number of para-hydroxylation sites is 1. The van der Waals surface area contributed by atoms with Crippen molar-refractivity contribution >= 4 is 16.7 Å². The van der Waals surface area contributed by atoms with Crippen LogP contribution in [0.1, 0.15) is 61.9 Å². The maximum absolute atomic E-state index is 12.8. The SMILES string of the molecule is CC(C)(C)CN1CCC(c2cn(N)c3ccc(C(=O)CCOc4ccccc4)cc23)CC1. The molecule has 1 aliphatic rings. The first-order valence-electron chi connectivity index (χ1n) is 11.6. The molecule has 0 atom stereocenters. The van der Waals surface area contributed by atoms with E-state index in [9.17, 15) is 4.79 Å². The molecular formula is C27H35N3O2. The van der Waals surface area contributed by atoms with Crippen molar-refractivity contribution in [3.8, 4) is 5.75 Å². The van der Waals surface area contributed by atoms with Gasteiger partial charge in [-0.05, 0) is 73.2 Å². The number of ketones is 1. The van der Waals surface area contributed by atoms with Crippen molar-refractivity contribution < 1.29 is 9.53 Å². The molecule has 5 heteroatoms. The van der Waals surface area contributed by atoms with E-state index in [-0.39, 0.29) is 5.78 Å². The normalized spacial score (nSPS) is 15.8. The van der Waals surface area contributed by atoms with Crippen LogP contribution in [-0.2, 0) is 0 Å². The maximum atomic E-state index is 12.8. The quantitative estimate of drug-likeness (QED) is 0.409. The lowest BCUT2D eigenvalue weighted by molar-refractivity contribution is 0.0962. The second kappa shape index (κ2) is 9.37. The Balaban J connectivity index is 1.44. The summed E-state index contributed by atoms with van der Waals surface area (Å²) in [5, 5.41) is 1.11. The Labute approximate surface area is 191 Å². The lowest BCUT2D eigenvalue weighted by Crippen LogP contribution is -2.38. The predicted octanol–water partition coefficient (Wildman–Crippen LogP) is 5.23. The van der Waals surface area contributed by atoms with Crippen LogP contribution in [0.2, 0.25) is 0 Å². The van der Waals surface area contributed by atoms with Crippen LogP contribution in [0.5, 0.6) is 5.75 Å². The van der Waals surface area contributed by atoms with E-state index in [1.54, 1.807) is 4.68 Å². The lowest BCUT2D eigenvalue weighted by atomic mass is 9.87. The number of aromatic nitrogens is 1. The summed E-state index contributed by atoms with van der Waals surface area (Å²) in [6.45, 7) is 10.6. The van der Waals surface area contributed by atoms with E-state index in [1.165, 1.54) is 5.56 Å². The zero-order valence-electron chi connectivity index (χ0n) is 19.5. The highest BCUT2D eigenvalue weighted by atomic mass is 16.5. The monoisotopic (exact) mass is 433 g/mol. The van der Waals surface area contributed by atoms with E-state index in [0.29, 0.717) is 24.4 Å². The minimum atomic E-state index is 0.0959. The van der Waals surface area contributed by atoms with Crippen molar-refractivity contribution in [2.24, 2.45) is 5.41 Å². The number of nitrogens with two attached hydrogens (primary N) is 1. The van der Waals surface area contributed by atoms with Crippen LogP contribution in [0.4, 0.5) is 0 Å². The average Bonchev–Trinajstić information content (AvgIpc) is 3.10. The summed E-state index contributed by atoms with van der Waals surface area (Å²) in [4.78, 5) is 15.4. The minimum absolute atomic E-state index is 0.0959. The van der Waals surface area contributed by atoms with Gasteiger partial charge < -0.3 is 15.5 Å². The first-order chi connectivity index (χ1) is 15.3. The molecule has 1 aromatic heterocycles. The third-order valence-electron chi connectivity index (χ3n) is 6.25. The summed E-state index contributed by atoms with van der Waals surface area (Å²) in [6, 6.07) is 15.5. The van der Waals surface area contributed by atoms with Gasteiger partial charge in [0, 0.05) is 30.1 Å². The smallest absolute Gasteiger partial charge is 0.166 e. The number of piperidine rings is 1. The molecule has 1 saturated heterocycles. The molecule has 32 heavy (non-hydrogen) atoms. The molecule has 0 amide bonds. The Morgan fingerprint density at radius 3 is 2.50 bits per heavy atom. The number of hydrogen-bond acceptors (Lipinski definition) is 4. The average molecular weight is 434 g/mol. The van der Waals surface area contributed by atoms with Gasteiger partial charge in [-0.1, -0.05) is 39.0 Å². The molecular weight excluding hydrogens is 398 g/mol. The predicted molar refractivity (Wildman–Crippen MR) is 131 cm³/mol. The number of carbonyl (C=O) groups excluding carboxylic acids is 1. The topological polar surface area (TPSA) is 60.5 Å². The number of benzene rings is 2. The highest BCUT2D eigenvalue weighted by Gasteiger charge is 2.26. The summed E-state index contributed by atoms with van der Waals surface area (Å²) >= 11 is 0. The van der Waals surface area contributed by atoms with Crippen molar-refractivity contribution in [1.29, 1.82) is 0 Å². The molecule has 0 spiro atoms. The van der Waals surface area contributed by atoms with Crippen LogP contribution in [0.3, 0.4) is 0 Å². The van der Waals surface area contributed by atoms with Gasteiger partial charge in [-0.15, -0.1) is 0 Å². The maximum Gasteiger partial charge on any atom is 0.166 e. The highest BCUT2D eigenvalue weighted by Crippen LogP contribution is 2.35. The molecule has 0 aliphatic carbocycles. The summed E-state index contributed by atoms with van der Waals surface area (Å²) < 4.78 is 7.41. The van der Waals surface area contributed by atoms with Gasteiger partial charge in [0.15, 0.2) is 5.78 Å². The Morgan fingerprint density at radius 2 is 1.81 bits per heavy atom. The number of fused-ring (bicyclic) bond motifs is 1. The van der Waals surface area contributed by atoms with Crippen LogP contribution in [0.25, 0.3) is 10.9 Å². The lowest BCUT2D eigenvalue weighted by Gasteiger charge is -2.36. The molecule has 5 nitrogen and oxygen atoms in total. The largest absolute Gasteiger partial charge is 0.493 e. The first kappa shape index (κ1) is 22.4. The van der Waals surface area contributed by atoms with Crippen LogP contribution in [-0.4, -0.2) is 41.6 Å². The highest BCUT2D eigenvalue weighted by molar-refractivity contribution is 6.00. The van der Waals surface area contributed by atoms with Gasteiger partial charge in [0.05, 0.1) is 12.1 Å². The number of nitrogen functional groups attached to an aromatic ring is 1. The van der Waals surface area contributed by atoms with E-state index in [4.69, 9.17) is 10.6 Å². The molecule has 0 saturated carbocycles. The van der Waals surface area contributed by atoms with Crippen LogP contribution in [0.15, 0.2) is 54.7 Å². The summed E-state index contributed by atoms with van der Waals surface area (Å²) in [5.74, 6) is 7.63. The molecule has 4 rings (SSSR count). The van der Waals surface area contributed by atoms with Crippen LogP contribution < -0.4 is 10.6 Å². The minimum Gasteiger partial charge on any atom is -0.493 e. The third kappa shape index (κ3) is 5.33. The van der Waals surface area contributed by atoms with Gasteiger partial charge in [0.25, 0.3) is 0 Å². The van der Waals surface area contributed by atoms with Crippen molar-refractivity contribution in [3.63, 3.8) is 0 Å². The standard InChI is InChI=1S/C27H35N3O2/c1-27(2,3)19-29-14-11-20(12-15-29)24-18-30(28)25-10-9-21(17-23(24)25)26(31)13-16-32-22-7-5-4-6-8-22/h4-10,17-18,20H,11-16,19,28H2,1-3H3. The number of carbonyl (C=O) groups is 1. The zero-order chi connectivity index (χ0) is 22.7. The van der Waals surface area contributed by atoms with Gasteiger partial charge in [-0.3, -0.25) is 9.47 Å². The van der Waals surface area contributed by atoms with Gasteiger partial charge in [-0.2, -0.15) is 0 Å². The number of ether oxygens (including phenoxy) is 1. The van der Waals surface area contributed by atoms with E-state index in [1.807, 2.05) is 48.5 Å². The van der Waals surface area contributed by atoms with Crippen molar-refractivity contribution in [1.82, 2.24) is 9.58 Å². The number of hydrogen-bond donors (Lipinski definition) is 1. The summed E-state index contributed by atoms with van der Waals surface area (Å²) in [7, 11) is 0. The fraction of sp³-hybridized carbons (Fsp3) is 0.444. The van der Waals surface area contributed by atoms with Crippen LogP contribution >= 0.6 is 0 Å². The van der Waals surface area contributed by atoms with Gasteiger partial charge in [-0.25, -0.2) is 0 Å². The van der Waals surface area contributed by atoms with Crippen LogP contribution in [0, 0.1) is 5.41 Å². The molecule has 0 unspecified atom stereocenters. The molecule has 3 aromatic rings. The fourth-order valence-corrected chi connectivity index (χ4v) is 4.78. The van der Waals surface area contributed by atoms with Crippen molar-refractivity contribution in [2.75, 3.05) is 32.1 Å². The van der Waals surface area contributed by atoms with E-state index >= 15 is 0 Å². The summed E-state index contributed by atoms with van der Waals surface area (Å²) in [5.41, 5.74) is 3.30. The molecule has 0 radical (unpaired) electrons. The van der Waals surface area contributed by atoms with Gasteiger partial charge >= 0.3 is 0 Å². The molecule has 2 heterocycles. The van der Waals surface area contributed by atoms with Gasteiger partial charge in [0.2, 0.25) is 0 Å². The number of Topliss-reactive ketones (excluding diaryl/α,β-unsaturated/α-hetero) is 1. The number of likely N-dealkylation sites (tertiary alicyclic amines) is 1. The Hall–Kier alpha value is -2.79. The Kier molecular flexibility index (Phi) is 6.56. The van der Waals surface area contributed by atoms with E-state index in [0.717, 1.165) is 54.7 Å². The fourth-order valence-electron chi connectivity index (χ4n) is 4.78.